The van der Waals surface area contributed by atoms with Crippen LogP contribution in [-0.2, 0) is 27.9 Å². The number of phosphoric ester groups is 1. The molecule has 0 aromatic carbocycles. The van der Waals surface area contributed by atoms with E-state index in [4.69, 9.17) is 18.5 Å². The van der Waals surface area contributed by atoms with Crippen LogP contribution in [0.1, 0.15) is 155 Å². The third-order valence-electron chi connectivity index (χ3n) is 8.75. The van der Waals surface area contributed by atoms with E-state index in [0.29, 0.717) is 23.9 Å². The lowest BCUT2D eigenvalue weighted by molar-refractivity contribution is -0.870. The quantitative estimate of drug-likeness (QED) is 0.0121. The van der Waals surface area contributed by atoms with Gasteiger partial charge in [0.15, 0.2) is 6.10 Å². The largest absolute Gasteiger partial charge is 0.492 e. The van der Waals surface area contributed by atoms with Gasteiger partial charge in [-0.2, -0.15) is 0 Å². The van der Waals surface area contributed by atoms with Crippen molar-refractivity contribution in [2.24, 2.45) is 0 Å². The molecule has 1 unspecified atom stereocenters. The van der Waals surface area contributed by atoms with Crippen molar-refractivity contribution in [3.8, 4) is 0 Å². The third-order valence-corrected chi connectivity index (χ3v) is 9.74. The number of hydrogen-bond donors (Lipinski definition) is 2. The van der Waals surface area contributed by atoms with E-state index in [1.165, 1.54) is 89.9 Å². The summed E-state index contributed by atoms with van der Waals surface area (Å²) in [4.78, 5) is 22.6. The smallest absolute Gasteiger partial charge is 0.472 e. The minimum absolute atomic E-state index is 0.0690. The summed E-state index contributed by atoms with van der Waals surface area (Å²) in [5.74, 6) is -0.360. The molecule has 0 radical (unpaired) electrons. The standard InChI is InChI=1S/C44H80NO8P/c1-6-8-10-12-14-15-16-17-18-19-20-25-29-33-38-50-43(41-53-54(48,49)52-39-37-45(3,4)5)40-51-44(47)36-32-28-24-21-23-27-31-35-42(46)34-30-26-22-13-11-9-7-2/h21-22,24,26-27,30-31,33-34,38,42-43,46H,6-20,23,25,28-29,32,35-37,39-41H2,1-5H3/p+1/b24-21+,26-22-,31-27-,34-30-,38-33+/t42-,43-/m1/s1. The molecule has 0 aliphatic heterocycles. The molecule has 314 valence electrons. The Labute approximate surface area is 331 Å². The van der Waals surface area contributed by atoms with E-state index in [2.05, 4.69) is 19.9 Å². The predicted molar refractivity (Wildman–Crippen MR) is 225 cm³/mol. The van der Waals surface area contributed by atoms with E-state index in [0.717, 1.165) is 32.1 Å². The zero-order valence-corrected chi connectivity index (χ0v) is 35.9. The number of unbranched alkanes of at least 4 members (excludes halogenated alkanes) is 16. The van der Waals surface area contributed by atoms with E-state index in [1.807, 2.05) is 69.8 Å². The summed E-state index contributed by atoms with van der Waals surface area (Å²) in [6.07, 6.45) is 42.4. The van der Waals surface area contributed by atoms with Crippen molar-refractivity contribution in [2.45, 2.75) is 167 Å². The van der Waals surface area contributed by atoms with Crippen molar-refractivity contribution in [1.29, 1.82) is 0 Å². The van der Waals surface area contributed by atoms with Gasteiger partial charge in [0.1, 0.15) is 19.8 Å². The fourth-order valence-electron chi connectivity index (χ4n) is 5.31. The highest BCUT2D eigenvalue weighted by Gasteiger charge is 2.25. The summed E-state index contributed by atoms with van der Waals surface area (Å²) in [5, 5.41) is 10.1. The SMILES string of the molecule is CCCCC/C=C\C=C/[C@@H](O)C/C=C\C/C=C/CCCC(=O)OC[C@H](COP(=O)(O)OCC[N+](C)(C)C)O/C=C/CCCCCCCCCCCCCC. The van der Waals surface area contributed by atoms with Crippen LogP contribution in [0, 0.1) is 0 Å². The lowest BCUT2D eigenvalue weighted by Crippen LogP contribution is -2.37. The Morgan fingerprint density at radius 1 is 0.685 bits per heavy atom. The number of ether oxygens (including phenoxy) is 2. The van der Waals surface area contributed by atoms with Crippen molar-refractivity contribution in [3.63, 3.8) is 0 Å². The van der Waals surface area contributed by atoms with E-state index in [9.17, 15) is 19.4 Å². The Hall–Kier alpha value is -2.00. The highest BCUT2D eigenvalue weighted by Crippen LogP contribution is 2.43. The van der Waals surface area contributed by atoms with Gasteiger partial charge in [0.2, 0.25) is 0 Å². The molecule has 9 nitrogen and oxygen atoms in total. The van der Waals surface area contributed by atoms with Gasteiger partial charge >= 0.3 is 13.8 Å². The van der Waals surface area contributed by atoms with Crippen LogP contribution in [-0.4, -0.2) is 80.2 Å². The number of allylic oxidation sites excluding steroid dienone is 7. The number of likely N-dealkylation sites (N-methyl/N-ethyl adjacent to an activating group) is 1. The van der Waals surface area contributed by atoms with Crippen molar-refractivity contribution < 1.29 is 42.4 Å². The average Bonchev–Trinajstić information content (AvgIpc) is 3.12. The van der Waals surface area contributed by atoms with E-state index >= 15 is 0 Å². The fraction of sp³-hybridized carbons (Fsp3) is 0.750. The molecule has 0 spiro atoms. The van der Waals surface area contributed by atoms with Crippen LogP contribution >= 0.6 is 7.82 Å². The van der Waals surface area contributed by atoms with Crippen LogP contribution in [0.4, 0.5) is 0 Å². The first kappa shape index (κ1) is 52.0. The Balaban J connectivity index is 4.47. The Bertz CT molecular complexity index is 1070. The molecule has 0 aromatic heterocycles. The minimum atomic E-state index is -4.29. The topological polar surface area (TPSA) is 112 Å². The first-order valence-corrected chi connectivity index (χ1v) is 22.7. The monoisotopic (exact) mass is 783 g/mol. The number of aliphatic hydroxyl groups excluding tert-OH is 1. The molecule has 54 heavy (non-hydrogen) atoms. The second-order valence-corrected chi connectivity index (χ2v) is 16.7. The van der Waals surface area contributed by atoms with Gasteiger partial charge in [0.05, 0.1) is 40.1 Å². The van der Waals surface area contributed by atoms with Gasteiger partial charge in [-0.05, 0) is 57.4 Å². The molecule has 0 rings (SSSR count). The normalized spacial score (nSPS) is 14.9. The number of aliphatic hydroxyl groups is 1. The number of nitrogens with zero attached hydrogens (tertiary/aromatic N) is 1. The van der Waals surface area contributed by atoms with Crippen molar-refractivity contribution in [1.82, 2.24) is 0 Å². The molecule has 0 aliphatic rings. The second kappa shape index (κ2) is 36.6. The number of esters is 1. The number of hydrogen-bond acceptors (Lipinski definition) is 7. The number of carbonyl (C=O) groups excluding carboxylic acids is 1. The molecular weight excluding hydrogens is 701 g/mol. The number of quaternary nitrogens is 1. The predicted octanol–water partition coefficient (Wildman–Crippen LogP) is 11.5. The maximum atomic E-state index is 12.5. The minimum Gasteiger partial charge on any atom is -0.492 e. The van der Waals surface area contributed by atoms with Gasteiger partial charge in [0.25, 0.3) is 0 Å². The molecule has 0 bridgehead atoms. The molecule has 0 aromatic rings. The summed E-state index contributed by atoms with van der Waals surface area (Å²) in [6, 6.07) is 0. The van der Waals surface area contributed by atoms with E-state index < -0.39 is 20.0 Å². The average molecular weight is 783 g/mol. The number of phosphoric acid groups is 1. The first-order valence-electron chi connectivity index (χ1n) is 21.2. The zero-order chi connectivity index (χ0) is 40.0. The fourth-order valence-corrected chi connectivity index (χ4v) is 6.06. The zero-order valence-electron chi connectivity index (χ0n) is 35.1. The summed E-state index contributed by atoms with van der Waals surface area (Å²) in [7, 11) is 1.60. The third kappa shape index (κ3) is 39.7. The highest BCUT2D eigenvalue weighted by atomic mass is 31.2. The molecule has 0 fully saturated rings. The molecule has 3 atom stereocenters. The summed E-state index contributed by atoms with van der Waals surface area (Å²) in [6.45, 7) is 4.71. The second-order valence-electron chi connectivity index (χ2n) is 15.3. The lowest BCUT2D eigenvalue weighted by atomic mass is 10.0. The van der Waals surface area contributed by atoms with E-state index in [-0.39, 0.29) is 32.2 Å². The van der Waals surface area contributed by atoms with E-state index in [1.54, 1.807) is 6.26 Å². The summed E-state index contributed by atoms with van der Waals surface area (Å²) >= 11 is 0. The maximum absolute atomic E-state index is 12.5. The van der Waals surface area contributed by atoms with Crippen LogP contribution < -0.4 is 0 Å². The Morgan fingerprint density at radius 3 is 1.93 bits per heavy atom. The van der Waals surface area contributed by atoms with Gasteiger partial charge in [-0.1, -0.05) is 146 Å². The Kier molecular flexibility index (Phi) is 35.3. The van der Waals surface area contributed by atoms with Crippen LogP contribution in [0.5, 0.6) is 0 Å². The van der Waals surface area contributed by atoms with Gasteiger partial charge in [-0.3, -0.25) is 13.8 Å². The molecule has 0 saturated heterocycles. The number of rotatable bonds is 38. The van der Waals surface area contributed by atoms with Crippen LogP contribution in [0.3, 0.4) is 0 Å². The Morgan fingerprint density at radius 2 is 1.26 bits per heavy atom. The first-order chi connectivity index (χ1) is 26.0. The molecule has 0 heterocycles. The van der Waals surface area contributed by atoms with Crippen LogP contribution in [0.2, 0.25) is 0 Å². The van der Waals surface area contributed by atoms with Gasteiger partial charge in [0, 0.05) is 6.42 Å². The van der Waals surface area contributed by atoms with Crippen LogP contribution in [0.25, 0.3) is 0 Å². The summed E-state index contributed by atoms with van der Waals surface area (Å²) in [5.41, 5.74) is 0. The van der Waals surface area contributed by atoms with Crippen molar-refractivity contribution >= 4 is 13.8 Å². The van der Waals surface area contributed by atoms with Gasteiger partial charge in [-0.25, -0.2) is 4.57 Å². The number of carbonyl (C=O) groups is 1. The van der Waals surface area contributed by atoms with Gasteiger partial charge in [-0.15, -0.1) is 0 Å². The lowest BCUT2D eigenvalue weighted by Gasteiger charge is -2.24. The molecule has 0 aliphatic carbocycles. The van der Waals surface area contributed by atoms with Crippen molar-refractivity contribution in [3.05, 3.63) is 60.9 Å². The van der Waals surface area contributed by atoms with Crippen molar-refractivity contribution in [2.75, 3.05) is 47.5 Å². The molecule has 0 amide bonds. The highest BCUT2D eigenvalue weighted by molar-refractivity contribution is 7.47. The van der Waals surface area contributed by atoms with Gasteiger partial charge < -0.3 is 24.0 Å². The molecule has 2 N–H and O–H groups in total. The molecular formula is C44H81NO8P+. The summed E-state index contributed by atoms with van der Waals surface area (Å²) < 4.78 is 34.6. The maximum Gasteiger partial charge on any atom is 0.472 e. The molecule has 10 heteroatoms. The van der Waals surface area contributed by atoms with Crippen LogP contribution in [0.15, 0.2) is 60.9 Å². The molecule has 0 saturated carbocycles.